The van der Waals surface area contributed by atoms with Crippen molar-refractivity contribution < 1.29 is 14.8 Å². The van der Waals surface area contributed by atoms with Crippen molar-refractivity contribution in [1.82, 2.24) is 5.32 Å². The van der Waals surface area contributed by atoms with Crippen molar-refractivity contribution in [2.45, 2.75) is 32.8 Å². The molecule has 0 radical (unpaired) electrons. The zero-order valence-corrected chi connectivity index (χ0v) is 11.0. The number of rotatable bonds is 6. The van der Waals surface area contributed by atoms with Crippen LogP contribution in [0.25, 0.3) is 0 Å². The maximum Gasteiger partial charge on any atom is 0.272 e. The van der Waals surface area contributed by atoms with Crippen molar-refractivity contribution in [3.8, 4) is 0 Å². The van der Waals surface area contributed by atoms with E-state index in [0.717, 1.165) is 0 Å². The second-order valence-electron chi connectivity index (χ2n) is 4.48. The van der Waals surface area contributed by atoms with E-state index >= 15 is 0 Å². The van der Waals surface area contributed by atoms with Gasteiger partial charge in [-0.05, 0) is 25.8 Å². The minimum Gasteiger partial charge on any atom is -0.393 e. The van der Waals surface area contributed by atoms with Gasteiger partial charge in [0.15, 0.2) is 0 Å². The van der Waals surface area contributed by atoms with Crippen LogP contribution in [-0.2, 0) is 11.2 Å². The van der Waals surface area contributed by atoms with Crippen LogP contribution < -0.4 is 5.32 Å². The van der Waals surface area contributed by atoms with Gasteiger partial charge >= 0.3 is 0 Å². The summed E-state index contributed by atoms with van der Waals surface area (Å²) in [5.74, 6) is -0.204. The predicted molar refractivity (Wildman–Crippen MR) is 70.8 cm³/mol. The van der Waals surface area contributed by atoms with E-state index in [1.54, 1.807) is 26.0 Å². The zero-order chi connectivity index (χ0) is 14.4. The van der Waals surface area contributed by atoms with Crippen molar-refractivity contribution >= 4 is 11.6 Å². The lowest BCUT2D eigenvalue weighted by Crippen LogP contribution is -2.28. The minimum absolute atomic E-state index is 0.0225. The lowest BCUT2D eigenvalue weighted by molar-refractivity contribution is -0.385. The van der Waals surface area contributed by atoms with Crippen LogP contribution in [0, 0.1) is 17.0 Å². The van der Waals surface area contributed by atoms with Gasteiger partial charge in [0.2, 0.25) is 5.91 Å². The molecule has 1 unspecified atom stereocenters. The van der Waals surface area contributed by atoms with Crippen LogP contribution in [0.5, 0.6) is 0 Å². The van der Waals surface area contributed by atoms with Crippen LogP contribution >= 0.6 is 0 Å². The van der Waals surface area contributed by atoms with E-state index in [4.69, 9.17) is 5.11 Å². The molecule has 1 amide bonds. The number of amides is 1. The van der Waals surface area contributed by atoms with Crippen molar-refractivity contribution in [3.05, 3.63) is 39.4 Å². The Bertz CT molecular complexity index is 472. The number of benzene rings is 1. The van der Waals surface area contributed by atoms with Gasteiger partial charge in [-0.15, -0.1) is 0 Å². The molecule has 0 spiro atoms. The van der Waals surface area contributed by atoms with Crippen LogP contribution in [0.1, 0.15) is 24.5 Å². The number of nitrogens with one attached hydrogen (secondary N) is 1. The monoisotopic (exact) mass is 266 g/mol. The molecule has 2 N–H and O–H groups in total. The fourth-order valence-electron chi connectivity index (χ4n) is 1.72. The van der Waals surface area contributed by atoms with E-state index < -0.39 is 11.0 Å². The first-order chi connectivity index (χ1) is 8.91. The van der Waals surface area contributed by atoms with Crippen LogP contribution in [0.15, 0.2) is 18.2 Å². The largest absolute Gasteiger partial charge is 0.393 e. The molecule has 1 atom stereocenters. The molecule has 6 heteroatoms. The summed E-state index contributed by atoms with van der Waals surface area (Å²) in [4.78, 5) is 22.0. The van der Waals surface area contributed by atoms with Gasteiger partial charge in [-0.3, -0.25) is 14.9 Å². The zero-order valence-electron chi connectivity index (χ0n) is 11.0. The molecule has 1 aromatic carbocycles. The number of carbonyl (C=O) groups is 1. The van der Waals surface area contributed by atoms with Crippen LogP contribution in [0.2, 0.25) is 0 Å². The average Bonchev–Trinajstić information content (AvgIpc) is 2.31. The van der Waals surface area contributed by atoms with Crippen LogP contribution in [0.4, 0.5) is 5.69 Å². The Labute approximate surface area is 111 Å². The Morgan fingerprint density at radius 3 is 2.79 bits per heavy atom. The van der Waals surface area contributed by atoms with Gasteiger partial charge in [-0.1, -0.05) is 12.1 Å². The first-order valence-corrected chi connectivity index (χ1v) is 6.09. The van der Waals surface area contributed by atoms with Gasteiger partial charge in [-0.25, -0.2) is 0 Å². The molecule has 0 aliphatic carbocycles. The van der Waals surface area contributed by atoms with Crippen molar-refractivity contribution in [2.24, 2.45) is 0 Å². The SMILES string of the molecule is Cc1c(CC(=O)NCCC(C)O)cccc1[N+](=O)[O-]. The number of hydrogen-bond acceptors (Lipinski definition) is 4. The summed E-state index contributed by atoms with van der Waals surface area (Å²) >= 11 is 0. The second-order valence-corrected chi connectivity index (χ2v) is 4.48. The number of nitrogens with zero attached hydrogens (tertiary/aromatic N) is 1. The van der Waals surface area contributed by atoms with Gasteiger partial charge < -0.3 is 10.4 Å². The number of aliphatic hydroxyl groups excluding tert-OH is 1. The van der Waals surface area contributed by atoms with Crippen molar-refractivity contribution in [2.75, 3.05) is 6.54 Å². The summed E-state index contributed by atoms with van der Waals surface area (Å²) in [5, 5.41) is 22.5. The first kappa shape index (κ1) is 15.1. The van der Waals surface area contributed by atoms with Crippen LogP contribution in [0.3, 0.4) is 0 Å². The molecule has 1 aromatic rings. The molecule has 0 saturated carbocycles. The molecule has 0 aromatic heterocycles. The summed E-state index contributed by atoms with van der Waals surface area (Å²) in [6.45, 7) is 3.68. The molecule has 0 aliphatic rings. The molecule has 104 valence electrons. The summed E-state index contributed by atoms with van der Waals surface area (Å²) in [6.07, 6.45) is 0.132. The Balaban J connectivity index is 2.64. The average molecular weight is 266 g/mol. The van der Waals surface area contributed by atoms with Gasteiger partial charge in [0.25, 0.3) is 5.69 Å². The lowest BCUT2D eigenvalue weighted by Gasteiger charge is -2.08. The Morgan fingerprint density at radius 1 is 1.53 bits per heavy atom. The van der Waals surface area contributed by atoms with E-state index in [1.165, 1.54) is 6.07 Å². The van der Waals surface area contributed by atoms with E-state index in [1.807, 2.05) is 0 Å². The van der Waals surface area contributed by atoms with Crippen molar-refractivity contribution in [1.29, 1.82) is 0 Å². The normalized spacial score (nSPS) is 11.9. The Kier molecular flexibility index (Phi) is 5.44. The van der Waals surface area contributed by atoms with Gasteiger partial charge in [0.05, 0.1) is 17.4 Å². The highest BCUT2D eigenvalue weighted by atomic mass is 16.6. The molecular formula is C13H18N2O4. The minimum atomic E-state index is -0.458. The summed E-state index contributed by atoms with van der Waals surface area (Å²) in [5.41, 5.74) is 1.18. The van der Waals surface area contributed by atoms with Crippen molar-refractivity contribution in [3.63, 3.8) is 0 Å². The molecule has 0 bridgehead atoms. The molecule has 1 rings (SSSR count). The maximum atomic E-state index is 11.7. The molecule has 0 fully saturated rings. The number of nitro groups is 1. The number of carbonyl (C=O) groups excluding carboxylic acids is 1. The second kappa shape index (κ2) is 6.84. The topological polar surface area (TPSA) is 92.5 Å². The molecule has 6 nitrogen and oxygen atoms in total. The molecular weight excluding hydrogens is 248 g/mol. The summed E-state index contributed by atoms with van der Waals surface area (Å²) in [6, 6.07) is 4.70. The highest BCUT2D eigenvalue weighted by molar-refractivity contribution is 5.79. The first-order valence-electron chi connectivity index (χ1n) is 6.09. The standard InChI is InChI=1S/C13H18N2O4/c1-9(16)6-7-14-13(17)8-11-4-3-5-12(10(11)2)15(18)19/h3-5,9,16H,6-8H2,1-2H3,(H,14,17). The highest BCUT2D eigenvalue weighted by Gasteiger charge is 2.15. The maximum absolute atomic E-state index is 11.7. The lowest BCUT2D eigenvalue weighted by atomic mass is 10.0. The molecule has 0 saturated heterocycles. The fourth-order valence-corrected chi connectivity index (χ4v) is 1.72. The van der Waals surface area contributed by atoms with Gasteiger partial charge in [0.1, 0.15) is 0 Å². The smallest absolute Gasteiger partial charge is 0.272 e. The number of nitro benzene ring substituents is 1. The van der Waals surface area contributed by atoms with E-state index in [0.29, 0.717) is 24.1 Å². The molecule has 0 aliphatic heterocycles. The third-order valence-electron chi connectivity index (χ3n) is 2.85. The number of hydrogen-bond donors (Lipinski definition) is 2. The summed E-state index contributed by atoms with van der Waals surface area (Å²) in [7, 11) is 0. The Hall–Kier alpha value is -1.95. The number of aliphatic hydroxyl groups is 1. The fraction of sp³-hybridized carbons (Fsp3) is 0.462. The van der Waals surface area contributed by atoms with Gasteiger partial charge in [0, 0.05) is 18.2 Å². The molecule has 0 heterocycles. The van der Waals surface area contributed by atoms with E-state index in [2.05, 4.69) is 5.32 Å². The predicted octanol–water partition coefficient (Wildman–Crippen LogP) is 1.33. The highest BCUT2D eigenvalue weighted by Crippen LogP contribution is 2.21. The summed E-state index contributed by atoms with van der Waals surface area (Å²) < 4.78 is 0. The Morgan fingerprint density at radius 2 is 2.21 bits per heavy atom. The third kappa shape index (κ3) is 4.67. The van der Waals surface area contributed by atoms with E-state index in [9.17, 15) is 14.9 Å². The molecule has 19 heavy (non-hydrogen) atoms. The quantitative estimate of drug-likeness (QED) is 0.600. The third-order valence-corrected chi connectivity index (χ3v) is 2.85. The van der Waals surface area contributed by atoms with E-state index in [-0.39, 0.29) is 18.0 Å². The van der Waals surface area contributed by atoms with Gasteiger partial charge in [-0.2, -0.15) is 0 Å². The van der Waals surface area contributed by atoms with Crippen LogP contribution in [-0.4, -0.2) is 28.6 Å².